The molecule has 0 atom stereocenters. The Kier molecular flexibility index (Phi) is 3.98. The molecule has 0 saturated carbocycles. The van der Waals surface area contributed by atoms with Gasteiger partial charge in [-0.15, -0.1) is 0 Å². The van der Waals surface area contributed by atoms with Crippen LogP contribution in [-0.2, 0) is 6.42 Å². The van der Waals surface area contributed by atoms with Gasteiger partial charge in [0.15, 0.2) is 11.6 Å². The maximum atomic E-state index is 6.43. The Morgan fingerprint density at radius 1 is 1.08 bits per heavy atom. The Morgan fingerprint density at radius 2 is 1.96 bits per heavy atom. The first kappa shape index (κ1) is 15.4. The van der Waals surface area contributed by atoms with Gasteiger partial charge in [-0.2, -0.15) is 0 Å². The number of aromatic nitrogens is 2. The zero-order valence-corrected chi connectivity index (χ0v) is 14.2. The zero-order chi connectivity index (χ0) is 17.2. The van der Waals surface area contributed by atoms with Gasteiger partial charge in [-0.25, -0.2) is 9.97 Å². The van der Waals surface area contributed by atoms with Gasteiger partial charge in [0.05, 0.1) is 0 Å². The lowest BCUT2D eigenvalue weighted by Crippen LogP contribution is -2.26. The standard InChI is InChI=1S/C20H21N5/c1-14-6-4-9-16(12-14)24-19-18(21)20(23-13-22-19)25-11-5-8-15-7-2-3-10-17(15)25/h2-4,6-7,9-10,12-13H,5,8,11,21H2,1H3,(H,22,23,24). The molecule has 25 heavy (non-hydrogen) atoms. The summed E-state index contributed by atoms with van der Waals surface area (Å²) in [7, 11) is 0. The molecule has 1 aromatic heterocycles. The maximum absolute atomic E-state index is 6.43. The molecule has 4 rings (SSSR count). The third kappa shape index (κ3) is 3.01. The van der Waals surface area contributed by atoms with Gasteiger partial charge in [0.25, 0.3) is 0 Å². The minimum Gasteiger partial charge on any atom is -0.393 e. The highest BCUT2D eigenvalue weighted by molar-refractivity contribution is 5.82. The van der Waals surface area contributed by atoms with Crippen molar-refractivity contribution < 1.29 is 0 Å². The summed E-state index contributed by atoms with van der Waals surface area (Å²) in [5, 5.41) is 3.31. The predicted octanol–water partition coefficient (Wildman–Crippen LogP) is 4.20. The highest BCUT2D eigenvalue weighted by Gasteiger charge is 2.22. The van der Waals surface area contributed by atoms with Gasteiger partial charge >= 0.3 is 0 Å². The van der Waals surface area contributed by atoms with Gasteiger partial charge in [0.2, 0.25) is 0 Å². The van der Waals surface area contributed by atoms with E-state index in [0.29, 0.717) is 11.5 Å². The largest absolute Gasteiger partial charge is 0.393 e. The van der Waals surface area contributed by atoms with Crippen LogP contribution in [0.15, 0.2) is 54.9 Å². The average molecular weight is 331 g/mol. The minimum absolute atomic E-state index is 0.570. The predicted molar refractivity (Wildman–Crippen MR) is 103 cm³/mol. The van der Waals surface area contributed by atoms with E-state index in [1.165, 1.54) is 16.8 Å². The van der Waals surface area contributed by atoms with Gasteiger partial charge in [-0.1, -0.05) is 30.3 Å². The number of anilines is 5. The highest BCUT2D eigenvalue weighted by Crippen LogP contribution is 2.37. The Morgan fingerprint density at radius 3 is 2.84 bits per heavy atom. The fourth-order valence-electron chi connectivity index (χ4n) is 3.31. The number of para-hydroxylation sites is 1. The van der Waals surface area contributed by atoms with Gasteiger partial charge < -0.3 is 16.0 Å². The molecule has 0 aliphatic carbocycles. The number of nitrogens with zero attached hydrogens (tertiary/aromatic N) is 3. The summed E-state index contributed by atoms with van der Waals surface area (Å²) < 4.78 is 0. The van der Waals surface area contributed by atoms with Crippen LogP contribution in [0.25, 0.3) is 0 Å². The molecule has 0 fully saturated rings. The molecule has 1 aliphatic rings. The summed E-state index contributed by atoms with van der Waals surface area (Å²) in [6.07, 6.45) is 3.74. The summed E-state index contributed by atoms with van der Waals surface area (Å²) in [4.78, 5) is 11.0. The molecular weight excluding hydrogens is 310 g/mol. The first-order valence-corrected chi connectivity index (χ1v) is 8.52. The van der Waals surface area contributed by atoms with E-state index >= 15 is 0 Å². The van der Waals surface area contributed by atoms with E-state index in [4.69, 9.17) is 5.73 Å². The van der Waals surface area contributed by atoms with Gasteiger partial charge in [0.1, 0.15) is 12.0 Å². The molecule has 0 unspecified atom stereocenters. The lowest BCUT2D eigenvalue weighted by atomic mass is 10.0. The Balaban J connectivity index is 1.71. The third-order valence-corrected chi connectivity index (χ3v) is 4.51. The van der Waals surface area contributed by atoms with Crippen molar-refractivity contribution in [2.45, 2.75) is 19.8 Å². The van der Waals surface area contributed by atoms with Crippen molar-refractivity contribution in [1.82, 2.24) is 9.97 Å². The molecule has 1 aliphatic heterocycles. The summed E-state index contributed by atoms with van der Waals surface area (Å²) >= 11 is 0. The van der Waals surface area contributed by atoms with E-state index in [0.717, 1.165) is 30.9 Å². The minimum atomic E-state index is 0.570. The van der Waals surface area contributed by atoms with Crippen molar-refractivity contribution in [3.63, 3.8) is 0 Å². The molecule has 3 N–H and O–H groups in total. The number of hydrogen-bond donors (Lipinski definition) is 2. The molecule has 2 heterocycles. The second-order valence-corrected chi connectivity index (χ2v) is 6.34. The first-order chi connectivity index (χ1) is 12.2. The van der Waals surface area contributed by atoms with E-state index in [9.17, 15) is 0 Å². The van der Waals surface area contributed by atoms with Crippen LogP contribution in [0.5, 0.6) is 0 Å². The number of rotatable bonds is 3. The van der Waals surface area contributed by atoms with Crippen LogP contribution in [0, 0.1) is 6.92 Å². The summed E-state index contributed by atoms with van der Waals surface area (Å²) in [6.45, 7) is 2.96. The highest BCUT2D eigenvalue weighted by atomic mass is 15.2. The Bertz CT molecular complexity index is 906. The van der Waals surface area contributed by atoms with Gasteiger partial charge in [-0.05, 0) is 49.1 Å². The Labute approximate surface area is 147 Å². The van der Waals surface area contributed by atoms with Crippen LogP contribution >= 0.6 is 0 Å². The fraction of sp³-hybridized carbons (Fsp3) is 0.200. The van der Waals surface area contributed by atoms with Crippen molar-refractivity contribution in [1.29, 1.82) is 0 Å². The molecular formula is C20H21N5. The number of aryl methyl sites for hydroxylation is 2. The normalized spacial score (nSPS) is 13.4. The molecule has 0 saturated heterocycles. The molecule has 0 spiro atoms. The quantitative estimate of drug-likeness (QED) is 0.753. The number of hydrogen-bond acceptors (Lipinski definition) is 5. The number of benzene rings is 2. The average Bonchev–Trinajstić information content (AvgIpc) is 2.63. The monoisotopic (exact) mass is 331 g/mol. The lowest BCUT2D eigenvalue weighted by Gasteiger charge is -2.31. The van der Waals surface area contributed by atoms with E-state index in [1.807, 2.05) is 12.1 Å². The lowest BCUT2D eigenvalue weighted by molar-refractivity contribution is 0.759. The number of nitrogen functional groups attached to an aromatic ring is 1. The fourth-order valence-corrected chi connectivity index (χ4v) is 3.31. The van der Waals surface area contributed by atoms with E-state index in [-0.39, 0.29) is 0 Å². The van der Waals surface area contributed by atoms with Crippen molar-refractivity contribution in [3.8, 4) is 0 Å². The van der Waals surface area contributed by atoms with Crippen LogP contribution in [0.4, 0.5) is 28.7 Å². The van der Waals surface area contributed by atoms with Crippen LogP contribution in [0.1, 0.15) is 17.5 Å². The topological polar surface area (TPSA) is 67.1 Å². The summed E-state index contributed by atoms with van der Waals surface area (Å²) in [5.74, 6) is 1.40. The van der Waals surface area contributed by atoms with Crippen molar-refractivity contribution in [2.75, 3.05) is 22.5 Å². The van der Waals surface area contributed by atoms with E-state index < -0.39 is 0 Å². The summed E-state index contributed by atoms with van der Waals surface area (Å²) in [6, 6.07) is 16.6. The Hall–Kier alpha value is -3.08. The second kappa shape index (κ2) is 6.43. The number of nitrogens with one attached hydrogen (secondary N) is 1. The SMILES string of the molecule is Cc1cccc(Nc2ncnc(N3CCCc4ccccc43)c2N)c1. The van der Waals surface area contributed by atoms with Crippen molar-refractivity contribution in [2.24, 2.45) is 0 Å². The maximum Gasteiger partial charge on any atom is 0.161 e. The molecule has 2 aromatic carbocycles. The van der Waals surface area contributed by atoms with Crippen LogP contribution in [-0.4, -0.2) is 16.5 Å². The molecule has 0 radical (unpaired) electrons. The molecule has 5 nitrogen and oxygen atoms in total. The molecule has 126 valence electrons. The molecule has 5 heteroatoms. The van der Waals surface area contributed by atoms with Gasteiger partial charge in [-0.3, -0.25) is 0 Å². The number of fused-ring (bicyclic) bond motifs is 1. The van der Waals surface area contributed by atoms with E-state index in [2.05, 4.69) is 63.5 Å². The van der Waals surface area contributed by atoms with Crippen LogP contribution in [0.3, 0.4) is 0 Å². The van der Waals surface area contributed by atoms with Crippen molar-refractivity contribution >= 4 is 28.7 Å². The van der Waals surface area contributed by atoms with Crippen molar-refractivity contribution in [3.05, 3.63) is 66.0 Å². The number of nitrogens with two attached hydrogens (primary N) is 1. The zero-order valence-electron chi connectivity index (χ0n) is 14.2. The van der Waals surface area contributed by atoms with E-state index in [1.54, 1.807) is 6.33 Å². The molecule has 0 amide bonds. The first-order valence-electron chi connectivity index (χ1n) is 8.52. The smallest absolute Gasteiger partial charge is 0.161 e. The van der Waals surface area contributed by atoms with Crippen LogP contribution in [0.2, 0.25) is 0 Å². The van der Waals surface area contributed by atoms with Gasteiger partial charge in [0, 0.05) is 17.9 Å². The van der Waals surface area contributed by atoms with Crippen LogP contribution < -0.4 is 16.0 Å². The second-order valence-electron chi connectivity index (χ2n) is 6.34. The molecule has 3 aromatic rings. The molecule has 0 bridgehead atoms. The summed E-state index contributed by atoms with van der Waals surface area (Å²) in [5.41, 5.74) is 11.7. The third-order valence-electron chi connectivity index (χ3n) is 4.51.